The number of hydrogen-bond donors (Lipinski definition) is 2. The molecule has 0 saturated heterocycles. The third-order valence-corrected chi connectivity index (χ3v) is 3.36. The molecule has 2 atom stereocenters. The zero-order valence-electron chi connectivity index (χ0n) is 9.26. The Labute approximate surface area is 86.5 Å². The topological polar surface area (TPSA) is 32.3 Å². The average molecular weight is 205 g/mol. The lowest BCUT2D eigenvalue weighted by Crippen LogP contribution is -2.39. The molecule has 3 heteroatoms. The van der Waals surface area contributed by atoms with E-state index < -0.39 is 0 Å². The van der Waals surface area contributed by atoms with Crippen LogP contribution in [0.5, 0.6) is 0 Å². The molecule has 0 bridgehead atoms. The van der Waals surface area contributed by atoms with Crippen LogP contribution >= 0.6 is 11.8 Å². The summed E-state index contributed by atoms with van der Waals surface area (Å²) in [5.41, 5.74) is 0.0483. The minimum absolute atomic E-state index is 0.0483. The van der Waals surface area contributed by atoms with Crippen LogP contribution in [0.3, 0.4) is 0 Å². The molecule has 0 rings (SSSR count). The summed E-state index contributed by atoms with van der Waals surface area (Å²) < 4.78 is 0. The van der Waals surface area contributed by atoms with Crippen LogP contribution in [0, 0.1) is 5.41 Å². The first-order chi connectivity index (χ1) is 6.08. The third-order valence-electron chi connectivity index (χ3n) is 2.53. The summed E-state index contributed by atoms with van der Waals surface area (Å²) in [6.07, 6.45) is 3.13. The van der Waals surface area contributed by atoms with Gasteiger partial charge in [-0.15, -0.1) is 0 Å². The maximum absolute atomic E-state index is 9.18. The smallest absolute Gasteiger partial charge is 0.0496 e. The van der Waals surface area contributed by atoms with E-state index in [1.165, 1.54) is 0 Å². The van der Waals surface area contributed by atoms with Gasteiger partial charge in [0.1, 0.15) is 0 Å². The summed E-state index contributed by atoms with van der Waals surface area (Å²) in [7, 11) is 0. The fourth-order valence-electron chi connectivity index (χ4n) is 1.02. The molecule has 0 saturated carbocycles. The van der Waals surface area contributed by atoms with Gasteiger partial charge in [0.05, 0.1) is 0 Å². The Bertz CT molecular complexity index is 126. The zero-order valence-corrected chi connectivity index (χ0v) is 10.1. The highest BCUT2D eigenvalue weighted by Crippen LogP contribution is 2.18. The molecular weight excluding hydrogens is 182 g/mol. The van der Waals surface area contributed by atoms with Gasteiger partial charge in [-0.1, -0.05) is 13.8 Å². The van der Waals surface area contributed by atoms with E-state index in [4.69, 9.17) is 0 Å². The van der Waals surface area contributed by atoms with Crippen LogP contribution in [-0.4, -0.2) is 36.3 Å². The first-order valence-corrected chi connectivity index (χ1v) is 6.30. The first kappa shape index (κ1) is 13.3. The third kappa shape index (κ3) is 5.55. The molecule has 0 aliphatic heterocycles. The Hall–Kier alpha value is 0.270. The van der Waals surface area contributed by atoms with Crippen molar-refractivity contribution in [3.05, 3.63) is 0 Å². The number of hydrogen-bond acceptors (Lipinski definition) is 3. The zero-order chi connectivity index (χ0) is 10.3. The lowest BCUT2D eigenvalue weighted by atomic mass is 9.88. The van der Waals surface area contributed by atoms with Crippen LogP contribution in [0.1, 0.15) is 27.2 Å². The molecule has 0 fully saturated rings. The van der Waals surface area contributed by atoms with Crippen molar-refractivity contribution in [3.8, 4) is 0 Å². The second kappa shape index (κ2) is 6.68. The lowest BCUT2D eigenvalue weighted by Gasteiger charge is -2.27. The van der Waals surface area contributed by atoms with Crippen molar-refractivity contribution >= 4 is 11.8 Å². The quantitative estimate of drug-likeness (QED) is 0.664. The lowest BCUT2D eigenvalue weighted by molar-refractivity contribution is 0.133. The Morgan fingerprint density at radius 3 is 2.54 bits per heavy atom. The summed E-state index contributed by atoms with van der Waals surface area (Å²) in [5, 5.41) is 12.6. The van der Waals surface area contributed by atoms with E-state index in [0.29, 0.717) is 6.04 Å². The van der Waals surface area contributed by atoms with Gasteiger partial charge in [-0.3, -0.25) is 0 Å². The molecule has 2 nitrogen and oxygen atoms in total. The highest BCUT2D eigenvalue weighted by molar-refractivity contribution is 7.98. The number of aliphatic hydroxyl groups is 1. The normalized spacial score (nSPS) is 18.2. The van der Waals surface area contributed by atoms with Crippen molar-refractivity contribution in [2.24, 2.45) is 5.41 Å². The van der Waals surface area contributed by atoms with E-state index >= 15 is 0 Å². The van der Waals surface area contributed by atoms with Crippen LogP contribution in [0.2, 0.25) is 0 Å². The van der Waals surface area contributed by atoms with Crippen LogP contribution in [-0.2, 0) is 0 Å². The fraction of sp³-hybridized carbons (Fsp3) is 1.00. The predicted octanol–water partition coefficient (Wildman–Crippen LogP) is 1.74. The molecule has 0 heterocycles. The Balaban J connectivity index is 3.71. The standard InChI is InChI=1S/C10H23NOS/c1-5-10(3,8-12)7-11-9(2)6-13-4/h9,11-12H,5-8H2,1-4H3. The molecule has 0 aromatic rings. The highest BCUT2D eigenvalue weighted by atomic mass is 32.2. The van der Waals surface area contributed by atoms with Crippen molar-refractivity contribution in [1.82, 2.24) is 5.32 Å². The van der Waals surface area contributed by atoms with Gasteiger partial charge in [-0.2, -0.15) is 11.8 Å². The van der Waals surface area contributed by atoms with Gasteiger partial charge in [0, 0.05) is 30.4 Å². The fourth-order valence-corrected chi connectivity index (χ4v) is 1.64. The van der Waals surface area contributed by atoms with Crippen molar-refractivity contribution in [1.29, 1.82) is 0 Å². The largest absolute Gasteiger partial charge is 0.396 e. The van der Waals surface area contributed by atoms with Crippen molar-refractivity contribution in [3.63, 3.8) is 0 Å². The van der Waals surface area contributed by atoms with Gasteiger partial charge < -0.3 is 10.4 Å². The number of nitrogens with one attached hydrogen (secondary N) is 1. The van der Waals surface area contributed by atoms with Crippen LogP contribution in [0.15, 0.2) is 0 Å². The van der Waals surface area contributed by atoms with Gasteiger partial charge >= 0.3 is 0 Å². The predicted molar refractivity (Wildman–Crippen MR) is 61.3 cm³/mol. The molecule has 0 aromatic heterocycles. The Morgan fingerprint density at radius 2 is 2.15 bits per heavy atom. The number of rotatable bonds is 7. The minimum atomic E-state index is 0.0483. The molecule has 0 aromatic carbocycles. The minimum Gasteiger partial charge on any atom is -0.396 e. The summed E-state index contributed by atoms with van der Waals surface area (Å²) >= 11 is 1.85. The average Bonchev–Trinajstić information content (AvgIpc) is 2.15. The van der Waals surface area contributed by atoms with Crippen molar-refractivity contribution < 1.29 is 5.11 Å². The second-order valence-electron chi connectivity index (χ2n) is 4.06. The SMILES string of the molecule is CCC(C)(CO)CNC(C)CSC. The van der Waals surface area contributed by atoms with Gasteiger partial charge in [-0.05, 0) is 19.6 Å². The van der Waals surface area contributed by atoms with Crippen molar-refractivity contribution in [2.75, 3.05) is 25.2 Å². The number of aliphatic hydroxyl groups excluding tert-OH is 1. The summed E-state index contributed by atoms with van der Waals surface area (Å²) in [6, 6.07) is 0.535. The molecule has 80 valence electrons. The maximum Gasteiger partial charge on any atom is 0.0496 e. The molecule has 13 heavy (non-hydrogen) atoms. The van der Waals surface area contributed by atoms with E-state index in [1.54, 1.807) is 0 Å². The maximum atomic E-state index is 9.18. The molecule has 0 amide bonds. The van der Waals surface area contributed by atoms with Gasteiger partial charge in [0.25, 0.3) is 0 Å². The molecule has 0 radical (unpaired) electrons. The summed E-state index contributed by atoms with van der Waals surface area (Å²) in [5.74, 6) is 1.13. The monoisotopic (exact) mass is 205 g/mol. The Kier molecular flexibility index (Phi) is 6.82. The van der Waals surface area contributed by atoms with E-state index in [9.17, 15) is 5.11 Å². The Morgan fingerprint density at radius 1 is 1.54 bits per heavy atom. The van der Waals surface area contributed by atoms with Gasteiger partial charge in [-0.25, -0.2) is 0 Å². The number of thioether (sulfide) groups is 1. The van der Waals surface area contributed by atoms with Crippen LogP contribution < -0.4 is 5.32 Å². The van der Waals surface area contributed by atoms with Crippen LogP contribution in [0.4, 0.5) is 0 Å². The van der Waals surface area contributed by atoms with Crippen LogP contribution in [0.25, 0.3) is 0 Å². The van der Waals surface area contributed by atoms with E-state index in [-0.39, 0.29) is 12.0 Å². The van der Waals surface area contributed by atoms with E-state index in [0.717, 1.165) is 18.7 Å². The molecule has 2 unspecified atom stereocenters. The molecule has 0 spiro atoms. The van der Waals surface area contributed by atoms with E-state index in [2.05, 4.69) is 32.3 Å². The highest BCUT2D eigenvalue weighted by Gasteiger charge is 2.20. The molecular formula is C10H23NOS. The molecule has 0 aliphatic rings. The van der Waals surface area contributed by atoms with Gasteiger partial charge in [0.2, 0.25) is 0 Å². The molecule has 0 aliphatic carbocycles. The van der Waals surface area contributed by atoms with Gasteiger partial charge in [0.15, 0.2) is 0 Å². The van der Waals surface area contributed by atoms with Crippen molar-refractivity contribution in [2.45, 2.75) is 33.2 Å². The van der Waals surface area contributed by atoms with E-state index in [1.807, 2.05) is 11.8 Å². The summed E-state index contributed by atoms with van der Waals surface area (Å²) in [6.45, 7) is 7.59. The first-order valence-electron chi connectivity index (χ1n) is 4.91. The second-order valence-corrected chi connectivity index (χ2v) is 4.97. The molecule has 2 N–H and O–H groups in total. The summed E-state index contributed by atoms with van der Waals surface area (Å²) in [4.78, 5) is 0.